The highest BCUT2D eigenvalue weighted by Crippen LogP contribution is 2.31. The standard InChI is InChI=1S/C5H7Cl3O2/c6-5(7,8)3-1-2-4(9)10/h1-3H2,(H,9,10)/p-1. The van der Waals surface area contributed by atoms with Crippen molar-refractivity contribution in [2.75, 3.05) is 0 Å². The van der Waals surface area contributed by atoms with Crippen molar-refractivity contribution < 1.29 is 9.90 Å². The number of halogens is 3. The van der Waals surface area contributed by atoms with E-state index in [1.165, 1.54) is 0 Å². The SMILES string of the molecule is O=C([O-])CCCC(Cl)(Cl)Cl. The molecule has 2 nitrogen and oxygen atoms in total. The largest absolute Gasteiger partial charge is 0.550 e. The number of carbonyl (C=O) groups is 1. The summed E-state index contributed by atoms with van der Waals surface area (Å²) in [5, 5.41) is 9.84. The predicted molar refractivity (Wildman–Crippen MR) is 39.1 cm³/mol. The van der Waals surface area contributed by atoms with E-state index in [-0.39, 0.29) is 12.8 Å². The fourth-order valence-corrected chi connectivity index (χ4v) is 0.834. The molecule has 0 heterocycles. The van der Waals surface area contributed by atoms with Crippen LogP contribution in [0.2, 0.25) is 0 Å². The van der Waals surface area contributed by atoms with E-state index in [0.717, 1.165) is 0 Å². The number of hydrogen-bond donors (Lipinski definition) is 0. The van der Waals surface area contributed by atoms with Crippen molar-refractivity contribution in [2.24, 2.45) is 0 Å². The Bertz CT molecular complexity index is 119. The van der Waals surface area contributed by atoms with Crippen LogP contribution in [-0.4, -0.2) is 9.76 Å². The van der Waals surface area contributed by atoms with Crippen molar-refractivity contribution in [3.8, 4) is 0 Å². The van der Waals surface area contributed by atoms with Gasteiger partial charge in [0.2, 0.25) is 0 Å². The number of carboxylic acids is 1. The first-order valence-electron chi connectivity index (χ1n) is 2.68. The summed E-state index contributed by atoms with van der Waals surface area (Å²) in [7, 11) is 0. The lowest BCUT2D eigenvalue weighted by Crippen LogP contribution is -2.22. The molecule has 0 N–H and O–H groups in total. The normalized spacial score (nSPS) is 11.5. The smallest absolute Gasteiger partial charge is 0.190 e. The third kappa shape index (κ3) is 8.34. The third-order valence-electron chi connectivity index (χ3n) is 0.841. The molecule has 0 aliphatic carbocycles. The second-order valence-corrected chi connectivity index (χ2v) is 4.36. The van der Waals surface area contributed by atoms with Gasteiger partial charge >= 0.3 is 0 Å². The van der Waals surface area contributed by atoms with E-state index in [9.17, 15) is 9.90 Å². The van der Waals surface area contributed by atoms with Gasteiger partial charge in [-0.05, 0) is 19.3 Å². The number of carbonyl (C=O) groups excluding carboxylic acids is 1. The summed E-state index contributed by atoms with van der Waals surface area (Å²) in [6.07, 6.45) is 0.512. The fraction of sp³-hybridized carbons (Fsp3) is 0.800. The molecule has 0 saturated carbocycles. The first-order chi connectivity index (χ1) is 4.42. The van der Waals surface area contributed by atoms with Gasteiger partial charge in [-0.25, -0.2) is 0 Å². The number of alkyl halides is 3. The molecule has 10 heavy (non-hydrogen) atoms. The summed E-state index contributed by atoms with van der Waals surface area (Å²) in [5.74, 6) is -1.12. The van der Waals surface area contributed by atoms with Crippen LogP contribution in [0.4, 0.5) is 0 Å². The second-order valence-electron chi connectivity index (χ2n) is 1.84. The quantitative estimate of drug-likeness (QED) is 0.650. The first-order valence-corrected chi connectivity index (χ1v) is 3.82. The molecule has 0 saturated heterocycles. The van der Waals surface area contributed by atoms with E-state index >= 15 is 0 Å². The maximum Gasteiger partial charge on any atom is 0.190 e. The summed E-state index contributed by atoms with van der Waals surface area (Å²) < 4.78 is -1.34. The van der Waals surface area contributed by atoms with Gasteiger partial charge in [0.1, 0.15) is 0 Å². The second kappa shape index (κ2) is 4.27. The Labute approximate surface area is 74.1 Å². The Morgan fingerprint density at radius 2 is 1.90 bits per heavy atom. The summed E-state index contributed by atoms with van der Waals surface area (Å²) in [4.78, 5) is 9.84. The van der Waals surface area contributed by atoms with Gasteiger partial charge in [-0.1, -0.05) is 34.8 Å². The minimum Gasteiger partial charge on any atom is -0.550 e. The van der Waals surface area contributed by atoms with E-state index < -0.39 is 9.76 Å². The zero-order valence-electron chi connectivity index (χ0n) is 5.07. The van der Waals surface area contributed by atoms with Crippen molar-refractivity contribution >= 4 is 40.8 Å². The lowest BCUT2D eigenvalue weighted by molar-refractivity contribution is -0.305. The molecule has 0 radical (unpaired) electrons. The molecule has 0 bridgehead atoms. The van der Waals surface area contributed by atoms with Crippen LogP contribution in [-0.2, 0) is 4.79 Å². The van der Waals surface area contributed by atoms with Gasteiger partial charge in [-0.2, -0.15) is 0 Å². The molecule has 0 aromatic rings. The molecular weight excluding hydrogens is 198 g/mol. The summed E-state index contributed by atoms with van der Waals surface area (Å²) >= 11 is 16.0. The van der Waals surface area contributed by atoms with Crippen molar-refractivity contribution in [3.63, 3.8) is 0 Å². The van der Waals surface area contributed by atoms with Gasteiger partial charge in [-0.15, -0.1) is 0 Å². The van der Waals surface area contributed by atoms with Crippen LogP contribution in [0.3, 0.4) is 0 Å². The maximum atomic E-state index is 9.84. The molecule has 0 spiro atoms. The van der Waals surface area contributed by atoms with Gasteiger partial charge in [0, 0.05) is 5.97 Å². The Morgan fingerprint density at radius 3 is 2.20 bits per heavy atom. The third-order valence-corrected chi connectivity index (χ3v) is 1.41. The monoisotopic (exact) mass is 203 g/mol. The predicted octanol–water partition coefficient (Wildman–Crippen LogP) is 1.28. The van der Waals surface area contributed by atoms with Crippen molar-refractivity contribution in [1.29, 1.82) is 0 Å². The van der Waals surface area contributed by atoms with Gasteiger partial charge in [0.15, 0.2) is 3.79 Å². The average Bonchev–Trinajstić information content (AvgIpc) is 1.59. The molecule has 0 aliphatic heterocycles. The highest BCUT2D eigenvalue weighted by molar-refractivity contribution is 6.67. The molecule has 0 unspecified atom stereocenters. The lowest BCUT2D eigenvalue weighted by atomic mass is 10.2. The van der Waals surface area contributed by atoms with Gasteiger partial charge in [0.25, 0.3) is 0 Å². The van der Waals surface area contributed by atoms with E-state index in [1.807, 2.05) is 0 Å². The van der Waals surface area contributed by atoms with E-state index in [2.05, 4.69) is 0 Å². The molecule has 5 heteroatoms. The number of hydrogen-bond acceptors (Lipinski definition) is 2. The molecular formula is C5H6Cl3O2-. The van der Waals surface area contributed by atoms with E-state index in [4.69, 9.17) is 34.8 Å². The van der Waals surface area contributed by atoms with Crippen molar-refractivity contribution in [3.05, 3.63) is 0 Å². The van der Waals surface area contributed by atoms with Gasteiger partial charge in [-0.3, -0.25) is 0 Å². The average molecular weight is 204 g/mol. The number of carboxylic acid groups (broad SMARTS) is 1. The van der Waals surface area contributed by atoms with Crippen molar-refractivity contribution in [1.82, 2.24) is 0 Å². The van der Waals surface area contributed by atoms with Crippen LogP contribution in [0.15, 0.2) is 0 Å². The first kappa shape index (κ1) is 10.3. The minimum atomic E-state index is -1.34. The number of rotatable bonds is 3. The van der Waals surface area contributed by atoms with Crippen molar-refractivity contribution in [2.45, 2.75) is 23.1 Å². The highest BCUT2D eigenvalue weighted by Gasteiger charge is 2.17. The summed E-state index contributed by atoms with van der Waals surface area (Å²) in [6.45, 7) is 0. The molecule has 0 amide bonds. The molecule has 0 aromatic carbocycles. The van der Waals surface area contributed by atoms with Crippen LogP contribution in [0.5, 0.6) is 0 Å². The molecule has 0 rings (SSSR count). The topological polar surface area (TPSA) is 40.1 Å². The van der Waals surface area contributed by atoms with Gasteiger partial charge in [0.05, 0.1) is 0 Å². The van der Waals surface area contributed by atoms with E-state index in [0.29, 0.717) is 6.42 Å². The Hall–Kier alpha value is 0.340. The molecule has 0 aliphatic rings. The van der Waals surface area contributed by atoms with Crippen LogP contribution < -0.4 is 5.11 Å². The minimum absolute atomic E-state index is 0.0616. The summed E-state index contributed by atoms with van der Waals surface area (Å²) in [6, 6.07) is 0. The lowest BCUT2D eigenvalue weighted by Gasteiger charge is -2.09. The Morgan fingerprint density at radius 1 is 1.40 bits per heavy atom. The molecule has 0 fully saturated rings. The Kier molecular flexibility index (Phi) is 4.41. The van der Waals surface area contributed by atoms with Crippen LogP contribution in [0.1, 0.15) is 19.3 Å². The molecule has 0 atom stereocenters. The summed E-state index contributed by atoms with van der Waals surface area (Å²) in [5.41, 5.74) is 0. The molecule has 0 aromatic heterocycles. The maximum absolute atomic E-state index is 9.84. The van der Waals surface area contributed by atoms with Gasteiger partial charge < -0.3 is 9.90 Å². The highest BCUT2D eigenvalue weighted by atomic mass is 35.6. The Balaban J connectivity index is 3.29. The zero-order chi connectivity index (χ0) is 8.20. The fourth-order valence-electron chi connectivity index (χ4n) is 0.433. The number of aliphatic carboxylic acids is 1. The van der Waals surface area contributed by atoms with Crippen LogP contribution in [0.25, 0.3) is 0 Å². The van der Waals surface area contributed by atoms with E-state index in [1.54, 1.807) is 0 Å². The zero-order valence-corrected chi connectivity index (χ0v) is 7.34. The van der Waals surface area contributed by atoms with Crippen LogP contribution in [0, 0.1) is 0 Å². The van der Waals surface area contributed by atoms with Crippen LogP contribution >= 0.6 is 34.8 Å². The molecule has 60 valence electrons.